The first-order chi connectivity index (χ1) is 9.84. The summed E-state index contributed by atoms with van der Waals surface area (Å²) in [4.78, 5) is 15.8. The number of amides is 1. The smallest absolute Gasteiger partial charge is 0.267 e. The fourth-order valence-electron chi connectivity index (χ4n) is 2.11. The van der Waals surface area contributed by atoms with Crippen molar-refractivity contribution in [2.24, 2.45) is 5.10 Å². The van der Waals surface area contributed by atoms with Gasteiger partial charge in [0.25, 0.3) is 5.91 Å². The average Bonchev–Trinajstić information content (AvgIpc) is 2.53. The van der Waals surface area contributed by atoms with Crippen LogP contribution in [0.4, 0.5) is 0 Å². The van der Waals surface area contributed by atoms with E-state index in [1.807, 2.05) is 30.4 Å². The number of hydrazone groups is 1. The highest BCUT2D eigenvalue weighted by atomic mass is 16.2. The van der Waals surface area contributed by atoms with Crippen LogP contribution in [0.15, 0.2) is 66.0 Å². The molecule has 98 valence electrons. The molecule has 3 rings (SSSR count). The maximum atomic E-state index is 11.9. The van der Waals surface area contributed by atoms with Crippen LogP contribution in [0.3, 0.4) is 0 Å². The van der Waals surface area contributed by atoms with E-state index in [1.165, 1.54) is 5.56 Å². The van der Waals surface area contributed by atoms with Gasteiger partial charge in [-0.3, -0.25) is 9.78 Å². The van der Waals surface area contributed by atoms with Gasteiger partial charge in [-0.25, -0.2) is 5.43 Å². The first kappa shape index (κ1) is 12.3. The van der Waals surface area contributed by atoms with E-state index in [1.54, 1.807) is 24.5 Å². The van der Waals surface area contributed by atoms with Crippen LogP contribution in [0.5, 0.6) is 0 Å². The summed E-state index contributed by atoms with van der Waals surface area (Å²) < 4.78 is 0. The van der Waals surface area contributed by atoms with Crippen LogP contribution in [0.2, 0.25) is 0 Å². The Morgan fingerprint density at radius 3 is 2.80 bits per heavy atom. The minimum atomic E-state index is -0.239. The normalized spacial score (nSPS) is 14.9. The molecule has 4 nitrogen and oxygen atoms in total. The second-order valence-electron chi connectivity index (χ2n) is 4.44. The van der Waals surface area contributed by atoms with Crippen molar-refractivity contribution in [3.63, 3.8) is 0 Å². The van der Waals surface area contributed by atoms with Gasteiger partial charge in [0.2, 0.25) is 0 Å². The van der Waals surface area contributed by atoms with Crippen molar-refractivity contribution in [3.05, 3.63) is 77.6 Å². The summed E-state index contributed by atoms with van der Waals surface area (Å²) in [5, 5.41) is 4.21. The SMILES string of the molecule is O=C(N/N=C1\C=CCc2ccccc21)c1ccncc1. The molecule has 0 aliphatic heterocycles. The molecule has 1 heterocycles. The van der Waals surface area contributed by atoms with E-state index in [9.17, 15) is 4.79 Å². The van der Waals surface area contributed by atoms with Crippen molar-refractivity contribution in [3.8, 4) is 0 Å². The fraction of sp³-hybridized carbons (Fsp3) is 0.0625. The molecule has 1 aromatic carbocycles. The average molecular weight is 263 g/mol. The third kappa shape index (κ3) is 2.49. The topological polar surface area (TPSA) is 54.4 Å². The van der Waals surface area contributed by atoms with Crippen molar-refractivity contribution in [1.29, 1.82) is 0 Å². The first-order valence-electron chi connectivity index (χ1n) is 6.37. The van der Waals surface area contributed by atoms with Gasteiger partial charge in [0.05, 0.1) is 5.71 Å². The lowest BCUT2D eigenvalue weighted by Crippen LogP contribution is -2.20. The zero-order valence-electron chi connectivity index (χ0n) is 10.8. The number of nitrogens with one attached hydrogen (secondary N) is 1. The fourth-order valence-corrected chi connectivity index (χ4v) is 2.11. The van der Waals surface area contributed by atoms with E-state index < -0.39 is 0 Å². The van der Waals surface area contributed by atoms with Gasteiger partial charge in [-0.15, -0.1) is 0 Å². The third-order valence-corrected chi connectivity index (χ3v) is 3.13. The van der Waals surface area contributed by atoms with Gasteiger partial charge in [0, 0.05) is 23.5 Å². The van der Waals surface area contributed by atoms with Gasteiger partial charge in [0.1, 0.15) is 0 Å². The highest BCUT2D eigenvalue weighted by Crippen LogP contribution is 2.16. The summed E-state index contributed by atoms with van der Waals surface area (Å²) in [6.07, 6.45) is 8.03. The molecule has 20 heavy (non-hydrogen) atoms. The van der Waals surface area contributed by atoms with Crippen LogP contribution in [-0.4, -0.2) is 16.6 Å². The number of pyridine rings is 1. The van der Waals surface area contributed by atoms with Gasteiger partial charge < -0.3 is 0 Å². The van der Waals surface area contributed by atoms with Gasteiger partial charge in [-0.2, -0.15) is 5.10 Å². The van der Waals surface area contributed by atoms with Crippen molar-refractivity contribution in [2.75, 3.05) is 0 Å². The van der Waals surface area contributed by atoms with Crippen molar-refractivity contribution in [2.45, 2.75) is 6.42 Å². The van der Waals surface area contributed by atoms with Crippen LogP contribution in [0.1, 0.15) is 21.5 Å². The van der Waals surface area contributed by atoms with E-state index >= 15 is 0 Å². The number of nitrogens with zero attached hydrogens (tertiary/aromatic N) is 2. The van der Waals surface area contributed by atoms with Gasteiger partial charge >= 0.3 is 0 Å². The van der Waals surface area contributed by atoms with E-state index in [-0.39, 0.29) is 5.91 Å². The van der Waals surface area contributed by atoms with Crippen LogP contribution in [0, 0.1) is 0 Å². The van der Waals surface area contributed by atoms with E-state index in [0.717, 1.165) is 17.7 Å². The molecule has 0 spiro atoms. The molecule has 0 fully saturated rings. The van der Waals surface area contributed by atoms with E-state index in [4.69, 9.17) is 0 Å². The molecule has 1 amide bonds. The molecule has 0 unspecified atom stereocenters. The van der Waals surface area contributed by atoms with Gasteiger partial charge in [-0.05, 0) is 30.2 Å². The monoisotopic (exact) mass is 263 g/mol. The van der Waals surface area contributed by atoms with Gasteiger partial charge in [0.15, 0.2) is 0 Å². The summed E-state index contributed by atoms with van der Waals surface area (Å²) >= 11 is 0. The Labute approximate surface area is 116 Å². The predicted molar refractivity (Wildman–Crippen MR) is 77.5 cm³/mol. The summed E-state index contributed by atoms with van der Waals surface area (Å²) in [5.74, 6) is -0.239. The predicted octanol–water partition coefficient (Wildman–Crippen LogP) is 2.33. The van der Waals surface area contributed by atoms with Crippen LogP contribution >= 0.6 is 0 Å². The Hall–Kier alpha value is -2.75. The number of allylic oxidation sites excluding steroid dienone is 2. The highest BCUT2D eigenvalue weighted by Gasteiger charge is 2.11. The Bertz CT molecular complexity index is 690. The summed E-state index contributed by atoms with van der Waals surface area (Å²) in [6.45, 7) is 0. The maximum absolute atomic E-state index is 11.9. The van der Waals surface area contributed by atoms with Crippen LogP contribution < -0.4 is 5.43 Å². The standard InChI is InChI=1S/C16H13N3O/c20-16(13-8-10-17-11-9-13)19-18-15-7-3-5-12-4-1-2-6-14(12)15/h1-4,6-11H,5H2,(H,19,20)/b18-15+. The highest BCUT2D eigenvalue weighted by molar-refractivity contribution is 6.11. The molecule has 1 N–H and O–H groups in total. The largest absolute Gasteiger partial charge is 0.271 e. The number of benzene rings is 1. The molecular weight excluding hydrogens is 250 g/mol. The number of hydrogen-bond donors (Lipinski definition) is 1. The van der Waals surface area contributed by atoms with E-state index in [0.29, 0.717) is 5.56 Å². The molecular formula is C16H13N3O. The minimum absolute atomic E-state index is 0.239. The number of fused-ring (bicyclic) bond motifs is 1. The second-order valence-corrected chi connectivity index (χ2v) is 4.44. The lowest BCUT2D eigenvalue weighted by atomic mass is 9.95. The molecule has 2 aromatic rings. The Kier molecular flexibility index (Phi) is 3.37. The molecule has 0 saturated carbocycles. The molecule has 0 atom stereocenters. The Morgan fingerprint density at radius 2 is 1.95 bits per heavy atom. The Balaban J connectivity index is 1.82. The third-order valence-electron chi connectivity index (χ3n) is 3.13. The second kappa shape index (κ2) is 5.48. The zero-order valence-corrected chi connectivity index (χ0v) is 10.8. The zero-order chi connectivity index (χ0) is 13.8. The summed E-state index contributed by atoms with van der Waals surface area (Å²) in [5.41, 5.74) is 6.17. The molecule has 1 aliphatic carbocycles. The molecule has 4 heteroatoms. The van der Waals surface area contributed by atoms with Crippen molar-refractivity contribution >= 4 is 11.6 Å². The van der Waals surface area contributed by atoms with Crippen LogP contribution in [0.25, 0.3) is 0 Å². The molecule has 0 saturated heterocycles. The minimum Gasteiger partial charge on any atom is -0.267 e. The molecule has 1 aliphatic rings. The number of rotatable bonds is 2. The van der Waals surface area contributed by atoms with Gasteiger partial charge in [-0.1, -0.05) is 30.3 Å². The first-order valence-corrected chi connectivity index (χ1v) is 6.37. The lowest BCUT2D eigenvalue weighted by Gasteiger charge is -2.12. The molecule has 0 radical (unpaired) electrons. The quantitative estimate of drug-likeness (QED) is 0.845. The van der Waals surface area contributed by atoms with E-state index in [2.05, 4.69) is 21.6 Å². The maximum Gasteiger partial charge on any atom is 0.271 e. The number of carbonyl (C=O) groups excluding carboxylic acids is 1. The van der Waals surface area contributed by atoms with Crippen LogP contribution in [-0.2, 0) is 6.42 Å². The number of hydrogen-bond acceptors (Lipinski definition) is 3. The molecule has 0 bridgehead atoms. The summed E-state index contributed by atoms with van der Waals surface area (Å²) in [6, 6.07) is 11.4. The van der Waals surface area contributed by atoms with Crippen molar-refractivity contribution in [1.82, 2.24) is 10.4 Å². The Morgan fingerprint density at radius 1 is 1.15 bits per heavy atom. The number of carbonyl (C=O) groups is 1. The lowest BCUT2D eigenvalue weighted by molar-refractivity contribution is 0.0955. The summed E-state index contributed by atoms with van der Waals surface area (Å²) in [7, 11) is 0. The van der Waals surface area contributed by atoms with Crippen molar-refractivity contribution < 1.29 is 4.79 Å². The number of aromatic nitrogens is 1. The molecule has 1 aromatic heterocycles.